The van der Waals surface area contributed by atoms with E-state index in [-0.39, 0.29) is 12.0 Å². The maximum absolute atomic E-state index is 12.7. The Kier molecular flexibility index (Phi) is 5.71. The summed E-state index contributed by atoms with van der Waals surface area (Å²) in [6.07, 6.45) is 2.35. The molecule has 0 bridgehead atoms. The number of carbonyl (C=O) groups is 1. The fourth-order valence-corrected chi connectivity index (χ4v) is 5.38. The second-order valence-electron chi connectivity index (χ2n) is 7.75. The van der Waals surface area contributed by atoms with Crippen LogP contribution in [0.5, 0.6) is 5.75 Å². The van der Waals surface area contributed by atoms with E-state index < -0.39 is 0 Å². The number of hydrogen-bond acceptors (Lipinski definition) is 7. The molecule has 1 saturated heterocycles. The van der Waals surface area contributed by atoms with Gasteiger partial charge in [-0.3, -0.25) is 9.78 Å². The Balaban J connectivity index is 1.17. The Labute approximate surface area is 194 Å². The van der Waals surface area contributed by atoms with Gasteiger partial charge in [0.25, 0.3) is 5.91 Å². The van der Waals surface area contributed by atoms with E-state index in [4.69, 9.17) is 9.72 Å². The summed E-state index contributed by atoms with van der Waals surface area (Å²) in [6.45, 7) is 5.21. The van der Waals surface area contributed by atoms with E-state index in [1.807, 2.05) is 56.3 Å². The Morgan fingerprint density at radius 1 is 1.12 bits per heavy atom. The predicted octanol–water partition coefficient (Wildman–Crippen LogP) is 4.77. The van der Waals surface area contributed by atoms with Crippen LogP contribution in [0, 0.1) is 13.8 Å². The molecule has 1 fully saturated rings. The van der Waals surface area contributed by atoms with Gasteiger partial charge in [-0.2, -0.15) is 0 Å². The van der Waals surface area contributed by atoms with Gasteiger partial charge >= 0.3 is 0 Å². The molecule has 1 aromatic carbocycles. The fraction of sp³-hybridized carbons (Fsp3) is 0.250. The predicted molar refractivity (Wildman–Crippen MR) is 127 cm³/mol. The lowest BCUT2D eigenvalue weighted by atomic mass is 10.1. The minimum atomic E-state index is -0.00969. The van der Waals surface area contributed by atoms with Crippen LogP contribution in [-0.4, -0.2) is 45.0 Å². The van der Waals surface area contributed by atoms with Crippen molar-refractivity contribution < 1.29 is 9.53 Å². The zero-order valence-electron chi connectivity index (χ0n) is 17.8. The maximum atomic E-state index is 12.7. The number of aryl methyl sites for hydroxylation is 2. The van der Waals surface area contributed by atoms with Crippen molar-refractivity contribution in [2.45, 2.75) is 26.4 Å². The van der Waals surface area contributed by atoms with Gasteiger partial charge in [0.2, 0.25) is 0 Å². The van der Waals surface area contributed by atoms with E-state index in [0.717, 1.165) is 37.7 Å². The average molecular weight is 463 g/mol. The molecule has 0 saturated carbocycles. The minimum Gasteiger partial charge on any atom is -0.487 e. The van der Waals surface area contributed by atoms with Crippen LogP contribution < -0.4 is 4.74 Å². The molecule has 4 heterocycles. The highest BCUT2D eigenvalue weighted by Gasteiger charge is 2.32. The second-order valence-corrected chi connectivity index (χ2v) is 9.90. The van der Waals surface area contributed by atoms with E-state index in [0.29, 0.717) is 25.1 Å². The first-order chi connectivity index (χ1) is 15.5. The van der Waals surface area contributed by atoms with Crippen molar-refractivity contribution in [1.82, 2.24) is 19.9 Å². The van der Waals surface area contributed by atoms with Crippen molar-refractivity contribution in [2.24, 2.45) is 0 Å². The third-order valence-corrected chi connectivity index (χ3v) is 7.22. The van der Waals surface area contributed by atoms with Gasteiger partial charge in [0.15, 0.2) is 0 Å². The standard InChI is InChI=1S/C24H22N4O2S2/c1-15-23(32-16(2)26-15)21-14-31-22(27-21)10-18-9-8-17(11-25-18)24(29)28-12-20(13-28)30-19-6-4-3-5-7-19/h3-9,11,14,20H,10,12-13H2,1-2H3. The molecule has 162 valence electrons. The highest BCUT2D eigenvalue weighted by atomic mass is 32.1. The van der Waals surface area contributed by atoms with Gasteiger partial charge in [0.05, 0.1) is 44.9 Å². The molecule has 0 atom stereocenters. The highest BCUT2D eigenvalue weighted by molar-refractivity contribution is 7.16. The third-order valence-electron chi connectivity index (χ3n) is 5.27. The topological polar surface area (TPSA) is 68.2 Å². The number of likely N-dealkylation sites (tertiary alicyclic amines) is 1. The van der Waals surface area contributed by atoms with Gasteiger partial charge in [-0.25, -0.2) is 9.97 Å². The van der Waals surface area contributed by atoms with Crippen LogP contribution >= 0.6 is 22.7 Å². The Hall–Kier alpha value is -3.10. The lowest BCUT2D eigenvalue weighted by Crippen LogP contribution is -2.56. The first kappa shape index (κ1) is 20.8. The quantitative estimate of drug-likeness (QED) is 0.413. The molecule has 1 aliphatic heterocycles. The molecular weight excluding hydrogens is 440 g/mol. The number of carbonyl (C=O) groups excluding carboxylic acids is 1. The molecule has 5 rings (SSSR count). The summed E-state index contributed by atoms with van der Waals surface area (Å²) < 4.78 is 5.88. The van der Waals surface area contributed by atoms with Crippen molar-refractivity contribution in [3.05, 3.63) is 81.0 Å². The Morgan fingerprint density at radius 3 is 2.62 bits per heavy atom. The molecule has 0 radical (unpaired) electrons. The molecule has 0 spiro atoms. The number of rotatable bonds is 6. The number of benzene rings is 1. The summed E-state index contributed by atoms with van der Waals surface area (Å²) in [4.78, 5) is 29.4. The van der Waals surface area contributed by atoms with Crippen LogP contribution in [0.15, 0.2) is 54.0 Å². The van der Waals surface area contributed by atoms with Crippen molar-refractivity contribution in [3.63, 3.8) is 0 Å². The molecule has 4 aromatic rings. The van der Waals surface area contributed by atoms with Gasteiger partial charge in [-0.1, -0.05) is 18.2 Å². The van der Waals surface area contributed by atoms with Gasteiger partial charge in [0.1, 0.15) is 11.9 Å². The molecule has 3 aromatic heterocycles. The number of amides is 1. The van der Waals surface area contributed by atoms with E-state index in [1.54, 1.807) is 33.8 Å². The first-order valence-electron chi connectivity index (χ1n) is 10.4. The van der Waals surface area contributed by atoms with E-state index >= 15 is 0 Å². The summed E-state index contributed by atoms with van der Waals surface area (Å²) in [7, 11) is 0. The van der Waals surface area contributed by atoms with Crippen molar-refractivity contribution in [2.75, 3.05) is 13.1 Å². The van der Waals surface area contributed by atoms with Gasteiger partial charge in [-0.15, -0.1) is 22.7 Å². The molecule has 32 heavy (non-hydrogen) atoms. The summed E-state index contributed by atoms with van der Waals surface area (Å²) in [6, 6.07) is 13.5. The zero-order valence-corrected chi connectivity index (χ0v) is 19.4. The van der Waals surface area contributed by atoms with Crippen LogP contribution in [-0.2, 0) is 6.42 Å². The molecule has 6 nitrogen and oxygen atoms in total. The van der Waals surface area contributed by atoms with Crippen LogP contribution in [0.4, 0.5) is 0 Å². The molecule has 8 heteroatoms. The smallest absolute Gasteiger partial charge is 0.255 e. The van der Waals surface area contributed by atoms with Crippen LogP contribution in [0.1, 0.15) is 31.8 Å². The minimum absolute atomic E-state index is 0.00969. The van der Waals surface area contributed by atoms with Crippen LogP contribution in [0.3, 0.4) is 0 Å². The summed E-state index contributed by atoms with van der Waals surface area (Å²) >= 11 is 3.29. The average Bonchev–Trinajstić information content (AvgIpc) is 3.36. The first-order valence-corrected chi connectivity index (χ1v) is 12.1. The van der Waals surface area contributed by atoms with Crippen LogP contribution in [0.25, 0.3) is 10.6 Å². The van der Waals surface area contributed by atoms with Gasteiger partial charge < -0.3 is 9.64 Å². The van der Waals surface area contributed by atoms with E-state index in [1.165, 1.54) is 0 Å². The summed E-state index contributed by atoms with van der Waals surface area (Å²) in [5.74, 6) is 0.825. The van der Waals surface area contributed by atoms with Crippen molar-refractivity contribution in [1.29, 1.82) is 0 Å². The Morgan fingerprint density at radius 2 is 1.94 bits per heavy atom. The Bertz CT molecular complexity index is 1230. The number of hydrogen-bond donors (Lipinski definition) is 0. The largest absolute Gasteiger partial charge is 0.487 e. The third kappa shape index (κ3) is 4.42. The van der Waals surface area contributed by atoms with E-state index in [2.05, 4.69) is 15.3 Å². The van der Waals surface area contributed by atoms with E-state index in [9.17, 15) is 4.79 Å². The van der Waals surface area contributed by atoms with Crippen molar-refractivity contribution >= 4 is 28.6 Å². The lowest BCUT2D eigenvalue weighted by Gasteiger charge is -2.38. The van der Waals surface area contributed by atoms with Crippen LogP contribution in [0.2, 0.25) is 0 Å². The molecule has 0 N–H and O–H groups in total. The summed E-state index contributed by atoms with van der Waals surface area (Å²) in [5, 5.41) is 4.13. The molecule has 0 aliphatic carbocycles. The highest BCUT2D eigenvalue weighted by Crippen LogP contribution is 2.31. The number of ether oxygens (including phenoxy) is 1. The fourth-order valence-electron chi connectivity index (χ4n) is 3.63. The summed E-state index contributed by atoms with van der Waals surface area (Å²) in [5.41, 5.74) is 3.49. The molecular formula is C24H22N4O2S2. The molecule has 1 aliphatic rings. The second kappa shape index (κ2) is 8.80. The van der Waals surface area contributed by atoms with Gasteiger partial charge in [-0.05, 0) is 38.1 Å². The van der Waals surface area contributed by atoms with Crippen molar-refractivity contribution in [3.8, 4) is 16.3 Å². The molecule has 1 amide bonds. The molecule has 0 unspecified atom stereocenters. The zero-order chi connectivity index (χ0) is 22.1. The maximum Gasteiger partial charge on any atom is 0.255 e. The number of aromatic nitrogens is 3. The van der Waals surface area contributed by atoms with Gasteiger partial charge in [0, 0.05) is 23.7 Å². The number of para-hydroxylation sites is 1. The number of thiazole rings is 2. The lowest BCUT2D eigenvalue weighted by molar-refractivity contribution is 0.0177. The number of nitrogens with zero attached hydrogens (tertiary/aromatic N) is 4. The monoisotopic (exact) mass is 462 g/mol. The number of pyridine rings is 1. The SMILES string of the molecule is Cc1nc(C)c(-c2csc(Cc3ccc(C(=O)N4CC(Oc5ccccc5)C4)cn3)n2)s1. The normalized spacial score (nSPS) is 13.8.